The van der Waals surface area contributed by atoms with E-state index in [-0.39, 0.29) is 49.0 Å². The van der Waals surface area contributed by atoms with Gasteiger partial charge in [0.2, 0.25) is 29.4 Å². The summed E-state index contributed by atoms with van der Waals surface area (Å²) in [5.41, 5.74) is -1.81. The lowest BCUT2D eigenvalue weighted by Crippen LogP contribution is -2.62. The van der Waals surface area contributed by atoms with Crippen molar-refractivity contribution in [3.05, 3.63) is 24.3 Å². The lowest BCUT2D eigenvalue weighted by atomic mass is 9.82. The van der Waals surface area contributed by atoms with Gasteiger partial charge in [0.15, 0.2) is 0 Å². The van der Waals surface area contributed by atoms with E-state index in [1.54, 1.807) is 0 Å². The fourth-order valence-electron chi connectivity index (χ4n) is 8.60. The van der Waals surface area contributed by atoms with Gasteiger partial charge in [0.25, 0.3) is 11.8 Å². The molecule has 5 N–H and O–H groups in total. The van der Waals surface area contributed by atoms with E-state index in [4.69, 9.17) is 0 Å². The summed E-state index contributed by atoms with van der Waals surface area (Å²) in [5, 5.41) is 14.5. The average Bonchev–Trinajstić information content (AvgIpc) is 3.55. The first-order chi connectivity index (χ1) is 25.7. The Kier molecular flexibility index (Phi) is 11.7. The third-order valence-corrected chi connectivity index (χ3v) is 11.6. The maximum absolute atomic E-state index is 14.9. The van der Waals surface area contributed by atoms with Crippen molar-refractivity contribution < 1.29 is 33.6 Å². The van der Waals surface area contributed by atoms with E-state index in [9.17, 15) is 33.6 Å². The molecule has 54 heavy (non-hydrogen) atoms. The maximum Gasteiger partial charge on any atom is 0.289 e. The third-order valence-electron chi connectivity index (χ3n) is 11.6. The molecule has 0 aromatic carbocycles. The Bertz CT molecular complexity index is 1620. The van der Waals surface area contributed by atoms with Crippen LogP contribution in [0, 0.1) is 11.3 Å². The van der Waals surface area contributed by atoms with E-state index in [1.807, 2.05) is 32.6 Å². The standard InChI is InChI=1S/C38H55N9O7/c1-5-10-24(29(48)35(53)41-23-14-15-23)42-32(50)27-19-38(45-33(51)26-13-9-18-47(26)38)21-46(27)36(54)30(37(2,3)4)44-34(52)28(22-11-7-6-8-12-22)43-31(49)25-20-39-16-17-40-25/h16-17,20,22-24,26-28,30H,5-15,18-19,21H2,1-4H3,(H,41,53)(H,42,50)(H,43,49)(H,44,52)(H,45,51)/t24?,26-,27+,28+,30-,38?/m1/s1. The van der Waals surface area contributed by atoms with Crippen LogP contribution in [0.4, 0.5) is 0 Å². The van der Waals surface area contributed by atoms with Gasteiger partial charge in [-0.3, -0.25) is 43.4 Å². The lowest BCUT2D eigenvalue weighted by Gasteiger charge is -2.38. The highest BCUT2D eigenvalue weighted by Gasteiger charge is 2.61. The summed E-state index contributed by atoms with van der Waals surface area (Å²) in [6.45, 7) is 7.87. The Morgan fingerprint density at radius 3 is 2.35 bits per heavy atom. The predicted octanol–water partition coefficient (Wildman–Crippen LogP) is 0.710. The molecule has 1 aromatic rings. The number of Topliss-reactive ketones (excluding diaryl/α,β-unsaturated/α-hetero) is 1. The van der Waals surface area contributed by atoms with Crippen LogP contribution < -0.4 is 26.6 Å². The number of hydrogen-bond acceptors (Lipinski definition) is 10. The first kappa shape index (κ1) is 39.2. The number of nitrogens with one attached hydrogen (secondary N) is 5. The van der Waals surface area contributed by atoms with Gasteiger partial charge in [-0.15, -0.1) is 0 Å². The molecular formula is C38H55N9O7. The second-order valence-corrected chi connectivity index (χ2v) is 16.8. The number of fused-ring (bicyclic) bond motifs is 2. The van der Waals surface area contributed by atoms with Crippen LogP contribution in [0.2, 0.25) is 0 Å². The monoisotopic (exact) mass is 749 g/mol. The van der Waals surface area contributed by atoms with Crippen molar-refractivity contribution in [2.45, 2.75) is 147 Å². The van der Waals surface area contributed by atoms with Crippen molar-refractivity contribution in [2.24, 2.45) is 11.3 Å². The van der Waals surface area contributed by atoms with Gasteiger partial charge in [-0.2, -0.15) is 0 Å². The van der Waals surface area contributed by atoms with Crippen molar-refractivity contribution in [1.29, 1.82) is 0 Å². The molecule has 1 spiro atoms. The zero-order valence-electron chi connectivity index (χ0n) is 31.8. The number of hydrogen-bond donors (Lipinski definition) is 5. The quantitative estimate of drug-likeness (QED) is 0.178. The summed E-state index contributed by atoms with van der Waals surface area (Å²) in [7, 11) is 0. The van der Waals surface area contributed by atoms with E-state index in [2.05, 4.69) is 36.6 Å². The molecule has 1 aromatic heterocycles. The molecule has 5 aliphatic rings. The minimum atomic E-state index is -1.14. The molecule has 3 aliphatic heterocycles. The Morgan fingerprint density at radius 2 is 1.70 bits per heavy atom. The Labute approximate surface area is 316 Å². The van der Waals surface area contributed by atoms with Crippen molar-refractivity contribution in [2.75, 3.05) is 13.1 Å². The molecule has 0 bridgehead atoms. The molecule has 2 unspecified atom stereocenters. The highest BCUT2D eigenvalue weighted by Crippen LogP contribution is 2.41. The van der Waals surface area contributed by atoms with E-state index in [1.165, 1.54) is 23.5 Å². The van der Waals surface area contributed by atoms with Crippen LogP contribution in [0.5, 0.6) is 0 Å². The molecule has 4 heterocycles. The molecule has 2 saturated carbocycles. The van der Waals surface area contributed by atoms with Gasteiger partial charge in [-0.1, -0.05) is 53.4 Å². The van der Waals surface area contributed by atoms with Crippen LogP contribution in [0.15, 0.2) is 18.6 Å². The first-order valence-electron chi connectivity index (χ1n) is 19.6. The van der Waals surface area contributed by atoms with Crippen LogP contribution in [0.3, 0.4) is 0 Å². The van der Waals surface area contributed by atoms with Crippen LogP contribution in [-0.4, -0.2) is 116 Å². The Hall–Kier alpha value is -4.47. The van der Waals surface area contributed by atoms with E-state index in [0.29, 0.717) is 19.4 Å². The summed E-state index contributed by atoms with van der Waals surface area (Å²) in [6.07, 6.45) is 12.3. The number of aromatic nitrogens is 2. The zero-order valence-corrected chi connectivity index (χ0v) is 31.8. The number of rotatable bonds is 13. The highest BCUT2D eigenvalue weighted by molar-refractivity contribution is 6.38. The van der Waals surface area contributed by atoms with Gasteiger partial charge in [-0.25, -0.2) is 4.98 Å². The summed E-state index contributed by atoms with van der Waals surface area (Å²) < 4.78 is 0. The number of amides is 6. The number of carbonyl (C=O) groups is 7. The molecule has 5 fully saturated rings. The predicted molar refractivity (Wildman–Crippen MR) is 195 cm³/mol. The number of ketones is 1. The van der Waals surface area contributed by atoms with Gasteiger partial charge < -0.3 is 31.5 Å². The summed E-state index contributed by atoms with van der Waals surface area (Å²) in [6, 6.07) is -4.73. The molecule has 0 radical (unpaired) electrons. The van der Waals surface area contributed by atoms with Gasteiger partial charge in [0.1, 0.15) is 29.5 Å². The largest absolute Gasteiger partial charge is 0.347 e. The SMILES string of the molecule is CCCC(NC(=O)[C@@H]1CC2(CN1C(=O)[C@@H](NC(=O)[C@@H](NC(=O)c1cnccn1)C1CCCCC1)C(C)(C)C)NC(=O)[C@H]1CCCN12)C(=O)C(=O)NC1CC1. The van der Waals surface area contributed by atoms with Crippen molar-refractivity contribution >= 4 is 41.2 Å². The normalized spacial score (nSPS) is 26.0. The molecule has 6 atom stereocenters. The molecule has 16 heteroatoms. The lowest BCUT2D eigenvalue weighted by molar-refractivity contribution is -0.145. The molecule has 294 valence electrons. The van der Waals surface area contributed by atoms with E-state index < -0.39 is 70.6 Å². The van der Waals surface area contributed by atoms with Gasteiger partial charge >= 0.3 is 0 Å². The molecule has 6 rings (SSSR count). The van der Waals surface area contributed by atoms with E-state index >= 15 is 0 Å². The average molecular weight is 750 g/mol. The summed E-state index contributed by atoms with van der Waals surface area (Å²) in [5.74, 6) is -4.04. The van der Waals surface area contributed by atoms with Crippen molar-refractivity contribution in [3.63, 3.8) is 0 Å². The summed E-state index contributed by atoms with van der Waals surface area (Å²) >= 11 is 0. The number of nitrogens with zero attached hydrogens (tertiary/aromatic N) is 4. The Morgan fingerprint density at radius 1 is 0.963 bits per heavy atom. The summed E-state index contributed by atoms with van der Waals surface area (Å²) in [4.78, 5) is 108. The van der Waals surface area contributed by atoms with Crippen LogP contribution in [-0.2, 0) is 28.8 Å². The molecule has 3 saturated heterocycles. The van der Waals surface area contributed by atoms with Gasteiger partial charge in [-0.05, 0) is 56.3 Å². The third kappa shape index (κ3) is 8.42. The molecule has 16 nitrogen and oxygen atoms in total. The van der Waals surface area contributed by atoms with Crippen molar-refractivity contribution in [3.8, 4) is 0 Å². The fraction of sp³-hybridized carbons (Fsp3) is 0.711. The van der Waals surface area contributed by atoms with Crippen LogP contribution in [0.25, 0.3) is 0 Å². The van der Waals surface area contributed by atoms with Gasteiger partial charge in [0.05, 0.1) is 24.8 Å². The van der Waals surface area contributed by atoms with Crippen LogP contribution >= 0.6 is 0 Å². The zero-order chi connectivity index (χ0) is 38.8. The molecule has 6 amide bonds. The minimum Gasteiger partial charge on any atom is -0.347 e. The first-order valence-corrected chi connectivity index (χ1v) is 19.6. The topological polar surface area (TPSA) is 212 Å². The second kappa shape index (κ2) is 16.1. The fourth-order valence-corrected chi connectivity index (χ4v) is 8.60. The van der Waals surface area contributed by atoms with Crippen LogP contribution in [0.1, 0.15) is 115 Å². The molecule has 2 aliphatic carbocycles. The smallest absolute Gasteiger partial charge is 0.289 e. The van der Waals surface area contributed by atoms with Gasteiger partial charge in [0, 0.05) is 31.4 Å². The second-order valence-electron chi connectivity index (χ2n) is 16.8. The maximum atomic E-state index is 14.9. The van der Waals surface area contributed by atoms with E-state index in [0.717, 1.165) is 51.4 Å². The minimum absolute atomic E-state index is 0.0152. The van der Waals surface area contributed by atoms with Crippen molar-refractivity contribution in [1.82, 2.24) is 46.4 Å². The number of likely N-dealkylation sites (tertiary alicyclic amines) is 1. The Balaban J connectivity index is 1.27. The number of carbonyl (C=O) groups excluding carboxylic acids is 7. The molecular weight excluding hydrogens is 694 g/mol. The highest BCUT2D eigenvalue weighted by atomic mass is 16.2.